The van der Waals surface area contributed by atoms with E-state index in [1.165, 1.54) is 0 Å². The van der Waals surface area contributed by atoms with Crippen LogP contribution in [0.15, 0.2) is 16.6 Å². The number of hydrogen-bond donors (Lipinski definition) is 1. The minimum atomic E-state index is -0.778. The Bertz CT molecular complexity index is 892. The lowest BCUT2D eigenvalue weighted by molar-refractivity contribution is -0.154. The van der Waals surface area contributed by atoms with Crippen LogP contribution in [-0.4, -0.2) is 41.7 Å². The first-order valence-electron chi connectivity index (χ1n) is 9.53. The number of esters is 1. The third-order valence-electron chi connectivity index (χ3n) is 6.28. The van der Waals surface area contributed by atoms with Crippen LogP contribution in [0.2, 0.25) is 5.02 Å². The minimum Gasteiger partial charge on any atom is -0.454 e. The van der Waals surface area contributed by atoms with E-state index in [1.807, 2.05) is 0 Å². The molecule has 1 aromatic rings. The number of halogens is 2. The lowest BCUT2D eigenvalue weighted by Crippen LogP contribution is -2.38. The van der Waals surface area contributed by atoms with Crippen molar-refractivity contribution in [3.8, 4) is 0 Å². The van der Waals surface area contributed by atoms with Gasteiger partial charge in [-0.25, -0.2) is 0 Å². The number of amides is 3. The first-order valence-corrected chi connectivity index (χ1v) is 10.7. The number of ether oxygens (including phenoxy) is 1. The summed E-state index contributed by atoms with van der Waals surface area (Å²) in [7, 11) is 0. The average molecular weight is 484 g/mol. The summed E-state index contributed by atoms with van der Waals surface area (Å²) in [6, 6.07) is 3.38. The number of nitrogens with zero attached hydrogens (tertiary/aromatic N) is 1. The summed E-state index contributed by atoms with van der Waals surface area (Å²) >= 11 is 9.43. The van der Waals surface area contributed by atoms with E-state index in [1.54, 1.807) is 19.1 Å². The third kappa shape index (κ3) is 3.57. The summed E-state index contributed by atoms with van der Waals surface area (Å²) in [6.07, 6.45) is 2.89. The molecule has 3 aliphatic rings. The van der Waals surface area contributed by atoms with Crippen molar-refractivity contribution in [3.63, 3.8) is 0 Å². The standard InChI is InChI=1S/C20H20BrClN2O5/c1-9-13(5-4-12(21)18(9)22)23-14(25)8-29-15(26)7-24-19(27)16-10-2-3-11(6-10)17(16)20(24)28/h4-5,10-11,16-17H,2-3,6-8H2,1H3,(H,23,25)/t10-,11-,16+,17+/m0/s1. The molecule has 4 rings (SSSR count). The zero-order valence-electron chi connectivity index (χ0n) is 15.7. The molecule has 3 amide bonds. The minimum absolute atomic E-state index is 0.259. The van der Waals surface area contributed by atoms with Crippen LogP contribution in [0.5, 0.6) is 0 Å². The molecule has 9 heteroatoms. The van der Waals surface area contributed by atoms with Crippen molar-refractivity contribution >= 4 is 56.9 Å². The lowest BCUT2D eigenvalue weighted by atomic mass is 9.81. The average Bonchev–Trinajstić information content (AvgIpc) is 3.37. The molecule has 1 aromatic carbocycles. The molecule has 7 nitrogen and oxygen atoms in total. The van der Waals surface area contributed by atoms with Crippen molar-refractivity contribution in [2.45, 2.75) is 26.2 Å². The Morgan fingerprint density at radius 3 is 2.45 bits per heavy atom. The van der Waals surface area contributed by atoms with Crippen molar-refractivity contribution in [1.82, 2.24) is 4.90 Å². The van der Waals surface area contributed by atoms with Crippen LogP contribution < -0.4 is 5.32 Å². The fourth-order valence-corrected chi connectivity index (χ4v) is 5.52. The molecular weight excluding hydrogens is 464 g/mol. The predicted octanol–water partition coefficient (Wildman–Crippen LogP) is 2.92. The SMILES string of the molecule is Cc1c(NC(=O)COC(=O)CN2C(=O)[C@@H]3[C@H]4CC[C@@H](C4)[C@H]3C2=O)ccc(Br)c1Cl. The van der Waals surface area contributed by atoms with Crippen LogP contribution in [0, 0.1) is 30.6 Å². The maximum absolute atomic E-state index is 12.6. The zero-order chi connectivity index (χ0) is 20.9. The second kappa shape index (κ2) is 7.72. The first kappa shape index (κ1) is 20.3. The predicted molar refractivity (Wildman–Crippen MR) is 108 cm³/mol. The summed E-state index contributed by atoms with van der Waals surface area (Å²) in [5.41, 5.74) is 1.18. The van der Waals surface area contributed by atoms with E-state index in [0.29, 0.717) is 20.7 Å². The van der Waals surface area contributed by atoms with Crippen LogP contribution in [0.25, 0.3) is 0 Å². The van der Waals surface area contributed by atoms with Gasteiger partial charge >= 0.3 is 5.97 Å². The molecule has 1 saturated heterocycles. The van der Waals surface area contributed by atoms with Gasteiger partial charge in [0.2, 0.25) is 11.8 Å². The van der Waals surface area contributed by atoms with Crippen molar-refractivity contribution in [1.29, 1.82) is 0 Å². The van der Waals surface area contributed by atoms with Crippen molar-refractivity contribution < 1.29 is 23.9 Å². The lowest BCUT2D eigenvalue weighted by Gasteiger charge is -2.19. The molecular formula is C20H20BrClN2O5. The van der Waals surface area contributed by atoms with E-state index in [0.717, 1.165) is 24.2 Å². The molecule has 29 heavy (non-hydrogen) atoms. The first-order chi connectivity index (χ1) is 13.8. The van der Waals surface area contributed by atoms with E-state index in [-0.39, 0.29) is 35.5 Å². The van der Waals surface area contributed by atoms with Crippen LogP contribution in [0.3, 0.4) is 0 Å². The number of hydrogen-bond acceptors (Lipinski definition) is 5. The van der Waals surface area contributed by atoms with Gasteiger partial charge in [-0.15, -0.1) is 0 Å². The van der Waals surface area contributed by atoms with Crippen LogP contribution >= 0.6 is 27.5 Å². The molecule has 1 aliphatic heterocycles. The Morgan fingerprint density at radius 1 is 1.21 bits per heavy atom. The number of carbonyl (C=O) groups is 4. The Morgan fingerprint density at radius 2 is 1.83 bits per heavy atom. The number of nitrogens with one attached hydrogen (secondary N) is 1. The molecule has 3 fully saturated rings. The summed E-state index contributed by atoms with van der Waals surface area (Å²) in [5.74, 6) is -1.88. The highest BCUT2D eigenvalue weighted by molar-refractivity contribution is 9.10. The number of anilines is 1. The Hall–Kier alpha value is -1.93. The topological polar surface area (TPSA) is 92.8 Å². The number of imide groups is 1. The van der Waals surface area contributed by atoms with Gasteiger partial charge in [0.15, 0.2) is 6.61 Å². The van der Waals surface area contributed by atoms with E-state index < -0.39 is 25.0 Å². The molecule has 4 atom stereocenters. The number of fused-ring (bicyclic) bond motifs is 5. The molecule has 0 aromatic heterocycles. The number of rotatable bonds is 5. The maximum Gasteiger partial charge on any atom is 0.326 e. The Kier molecular flexibility index (Phi) is 5.42. The normalized spacial score (nSPS) is 27.3. The monoisotopic (exact) mass is 482 g/mol. The molecule has 0 spiro atoms. The number of benzene rings is 1. The van der Waals surface area contributed by atoms with Gasteiger partial charge in [0.25, 0.3) is 5.91 Å². The van der Waals surface area contributed by atoms with Gasteiger partial charge in [-0.3, -0.25) is 24.1 Å². The third-order valence-corrected chi connectivity index (χ3v) is 7.66. The van der Waals surface area contributed by atoms with Gasteiger partial charge in [0.05, 0.1) is 16.9 Å². The van der Waals surface area contributed by atoms with Crippen LogP contribution in [0.1, 0.15) is 24.8 Å². The zero-order valence-corrected chi connectivity index (χ0v) is 18.1. The maximum atomic E-state index is 12.6. The van der Waals surface area contributed by atoms with Gasteiger partial charge < -0.3 is 10.1 Å². The van der Waals surface area contributed by atoms with E-state index in [4.69, 9.17) is 16.3 Å². The Labute approximate surface area is 181 Å². The largest absolute Gasteiger partial charge is 0.454 e. The summed E-state index contributed by atoms with van der Waals surface area (Å²) < 4.78 is 5.69. The van der Waals surface area contributed by atoms with E-state index in [2.05, 4.69) is 21.2 Å². The van der Waals surface area contributed by atoms with Gasteiger partial charge in [0.1, 0.15) is 6.54 Å². The fourth-order valence-electron chi connectivity index (χ4n) is 4.92. The summed E-state index contributed by atoms with van der Waals surface area (Å²) in [4.78, 5) is 50.4. The smallest absolute Gasteiger partial charge is 0.326 e. The molecule has 2 aliphatic carbocycles. The highest BCUT2D eigenvalue weighted by Gasteiger charge is 2.61. The number of likely N-dealkylation sites (tertiary alicyclic amines) is 1. The molecule has 154 valence electrons. The van der Waals surface area contributed by atoms with E-state index >= 15 is 0 Å². The molecule has 0 radical (unpaired) electrons. The fraction of sp³-hybridized carbons (Fsp3) is 0.500. The highest BCUT2D eigenvalue weighted by Crippen LogP contribution is 2.56. The molecule has 2 bridgehead atoms. The molecule has 1 N–H and O–H groups in total. The van der Waals surface area contributed by atoms with Crippen LogP contribution in [0.4, 0.5) is 5.69 Å². The van der Waals surface area contributed by atoms with Crippen molar-refractivity contribution in [2.24, 2.45) is 23.7 Å². The van der Waals surface area contributed by atoms with Crippen molar-refractivity contribution in [2.75, 3.05) is 18.5 Å². The van der Waals surface area contributed by atoms with Gasteiger partial charge in [-0.2, -0.15) is 0 Å². The van der Waals surface area contributed by atoms with Gasteiger partial charge in [-0.05, 0) is 71.6 Å². The van der Waals surface area contributed by atoms with Gasteiger partial charge in [-0.1, -0.05) is 11.6 Å². The highest BCUT2D eigenvalue weighted by atomic mass is 79.9. The Balaban J connectivity index is 1.30. The van der Waals surface area contributed by atoms with Crippen molar-refractivity contribution in [3.05, 3.63) is 27.2 Å². The summed E-state index contributed by atoms with van der Waals surface area (Å²) in [6.45, 7) is 0.796. The van der Waals surface area contributed by atoms with Gasteiger partial charge in [0, 0.05) is 10.2 Å². The number of carbonyl (C=O) groups excluding carboxylic acids is 4. The molecule has 1 heterocycles. The second-order valence-electron chi connectivity index (χ2n) is 7.89. The van der Waals surface area contributed by atoms with E-state index in [9.17, 15) is 19.2 Å². The molecule has 2 saturated carbocycles. The molecule has 0 unspecified atom stereocenters. The second-order valence-corrected chi connectivity index (χ2v) is 9.12. The van der Waals surface area contributed by atoms with Crippen LogP contribution in [-0.2, 0) is 23.9 Å². The summed E-state index contributed by atoms with van der Waals surface area (Å²) in [5, 5.41) is 3.11. The quantitative estimate of drug-likeness (QED) is 0.513.